The van der Waals surface area contributed by atoms with E-state index in [2.05, 4.69) is 41.6 Å². The van der Waals surface area contributed by atoms with Gasteiger partial charge in [-0.3, -0.25) is 0 Å². The van der Waals surface area contributed by atoms with Crippen molar-refractivity contribution in [2.75, 3.05) is 0 Å². The summed E-state index contributed by atoms with van der Waals surface area (Å²) < 4.78 is 0. The van der Waals surface area contributed by atoms with Crippen LogP contribution in [0.4, 0.5) is 0 Å². The summed E-state index contributed by atoms with van der Waals surface area (Å²) in [6, 6.07) is 14.6. The molecule has 2 aromatic rings. The van der Waals surface area contributed by atoms with E-state index in [0.717, 1.165) is 12.0 Å². The molecule has 0 bridgehead atoms. The van der Waals surface area contributed by atoms with Crippen molar-refractivity contribution >= 4 is 6.21 Å². The van der Waals surface area contributed by atoms with Gasteiger partial charge in [0, 0.05) is 0 Å². The van der Waals surface area contributed by atoms with Gasteiger partial charge >= 0.3 is 0 Å². The van der Waals surface area contributed by atoms with Gasteiger partial charge in [0.15, 0.2) is 0 Å². The van der Waals surface area contributed by atoms with E-state index in [1.54, 1.807) is 0 Å². The maximum absolute atomic E-state index is 8.53. The first-order valence-corrected chi connectivity index (χ1v) is 5.27. The average molecular weight is 209 g/mol. The maximum Gasteiger partial charge on any atom is 0.0734 e. The van der Waals surface area contributed by atoms with Crippen molar-refractivity contribution in [1.29, 1.82) is 0 Å². The Labute approximate surface area is 93.9 Å². The highest BCUT2D eigenvalue weighted by Crippen LogP contribution is 2.36. The van der Waals surface area contributed by atoms with Gasteiger partial charge in [-0.2, -0.15) is 0 Å². The summed E-state index contributed by atoms with van der Waals surface area (Å²) in [6.07, 6.45) is 2.46. The van der Waals surface area contributed by atoms with Gasteiger partial charge in [-0.25, -0.2) is 0 Å². The van der Waals surface area contributed by atoms with Crippen LogP contribution in [0.5, 0.6) is 0 Å². The lowest BCUT2D eigenvalue weighted by Crippen LogP contribution is -1.84. The summed E-state index contributed by atoms with van der Waals surface area (Å²) in [5.41, 5.74) is 6.20. The third-order valence-corrected chi connectivity index (χ3v) is 3.03. The number of oxime groups is 1. The number of rotatable bonds is 1. The molecule has 1 aliphatic rings. The fraction of sp³-hybridized carbons (Fsp3) is 0.0714. The maximum atomic E-state index is 8.53. The lowest BCUT2D eigenvalue weighted by Gasteiger charge is -2.01. The number of benzene rings is 2. The summed E-state index contributed by atoms with van der Waals surface area (Å²) in [4.78, 5) is 0. The minimum absolute atomic E-state index is 0.929. The van der Waals surface area contributed by atoms with Crippen LogP contribution in [-0.2, 0) is 6.42 Å². The summed E-state index contributed by atoms with van der Waals surface area (Å²) in [6.45, 7) is 0. The second-order valence-electron chi connectivity index (χ2n) is 4.00. The van der Waals surface area contributed by atoms with E-state index in [9.17, 15) is 0 Å². The van der Waals surface area contributed by atoms with Crippen LogP contribution in [0.3, 0.4) is 0 Å². The van der Waals surface area contributed by atoms with Crippen LogP contribution in [0.1, 0.15) is 16.7 Å². The highest BCUT2D eigenvalue weighted by atomic mass is 16.4. The first-order valence-electron chi connectivity index (χ1n) is 5.27. The molecule has 78 valence electrons. The van der Waals surface area contributed by atoms with E-state index in [0.29, 0.717) is 0 Å². The van der Waals surface area contributed by atoms with Crippen LogP contribution >= 0.6 is 0 Å². The predicted molar refractivity (Wildman–Crippen MR) is 64.1 cm³/mol. The largest absolute Gasteiger partial charge is 0.411 e. The quantitative estimate of drug-likeness (QED) is 0.373. The van der Waals surface area contributed by atoms with Gasteiger partial charge in [0.1, 0.15) is 0 Å². The molecular formula is C14H11NO. The number of fused-ring (bicyclic) bond motifs is 3. The van der Waals surface area contributed by atoms with Crippen LogP contribution in [0, 0.1) is 0 Å². The number of hydrogen-bond acceptors (Lipinski definition) is 2. The third kappa shape index (κ3) is 1.31. The second kappa shape index (κ2) is 3.49. The number of nitrogens with zero attached hydrogens (tertiary/aromatic N) is 1. The SMILES string of the molecule is ON=Cc1ccc2c(c1)-c1ccccc1C2. The molecule has 0 aliphatic heterocycles. The van der Waals surface area contributed by atoms with Crippen molar-refractivity contribution in [3.63, 3.8) is 0 Å². The fourth-order valence-electron chi connectivity index (χ4n) is 2.29. The van der Waals surface area contributed by atoms with Crippen LogP contribution in [0.2, 0.25) is 0 Å². The molecule has 0 amide bonds. The molecule has 1 N–H and O–H groups in total. The molecule has 0 unspecified atom stereocenters. The summed E-state index contributed by atoms with van der Waals surface area (Å²) in [5.74, 6) is 0. The molecule has 0 radical (unpaired) electrons. The average Bonchev–Trinajstić information content (AvgIpc) is 2.68. The van der Waals surface area contributed by atoms with Crippen molar-refractivity contribution in [3.8, 4) is 11.1 Å². The Morgan fingerprint density at radius 3 is 2.69 bits per heavy atom. The van der Waals surface area contributed by atoms with Gasteiger partial charge in [0.05, 0.1) is 6.21 Å². The van der Waals surface area contributed by atoms with Crippen LogP contribution in [0.25, 0.3) is 11.1 Å². The molecule has 1 aliphatic carbocycles. The highest BCUT2D eigenvalue weighted by molar-refractivity contribution is 5.85. The van der Waals surface area contributed by atoms with Gasteiger partial charge < -0.3 is 5.21 Å². The molecule has 0 heterocycles. The van der Waals surface area contributed by atoms with Crippen LogP contribution in [0.15, 0.2) is 47.6 Å². The van der Waals surface area contributed by atoms with E-state index < -0.39 is 0 Å². The summed E-state index contributed by atoms with van der Waals surface area (Å²) >= 11 is 0. The zero-order valence-electron chi connectivity index (χ0n) is 8.72. The zero-order valence-corrected chi connectivity index (χ0v) is 8.72. The minimum atomic E-state index is 0.929. The van der Waals surface area contributed by atoms with Gasteiger partial charge in [-0.1, -0.05) is 41.6 Å². The summed E-state index contributed by atoms with van der Waals surface area (Å²) in [5, 5.41) is 11.6. The van der Waals surface area contributed by atoms with Crippen molar-refractivity contribution in [2.45, 2.75) is 6.42 Å². The first-order chi connectivity index (χ1) is 7.88. The number of hydrogen-bond donors (Lipinski definition) is 1. The fourth-order valence-corrected chi connectivity index (χ4v) is 2.29. The monoisotopic (exact) mass is 209 g/mol. The molecule has 0 fully saturated rings. The molecular weight excluding hydrogens is 198 g/mol. The Balaban J connectivity index is 2.18. The standard InChI is InChI=1S/C14H11NO/c16-15-9-10-5-6-12-8-11-3-1-2-4-13(11)14(12)7-10/h1-7,9,16H,8H2. The Morgan fingerprint density at radius 2 is 1.81 bits per heavy atom. The van der Waals surface area contributed by atoms with Gasteiger partial charge in [0.2, 0.25) is 0 Å². The lowest BCUT2D eigenvalue weighted by molar-refractivity contribution is 0.322. The minimum Gasteiger partial charge on any atom is -0.411 e. The molecule has 0 saturated heterocycles. The topological polar surface area (TPSA) is 32.6 Å². The van der Waals surface area contributed by atoms with Crippen molar-refractivity contribution in [1.82, 2.24) is 0 Å². The molecule has 0 atom stereocenters. The molecule has 2 aromatic carbocycles. The van der Waals surface area contributed by atoms with Gasteiger partial charge in [-0.05, 0) is 40.3 Å². The highest BCUT2D eigenvalue weighted by Gasteiger charge is 2.17. The Bertz CT molecular complexity index is 573. The van der Waals surface area contributed by atoms with E-state index in [4.69, 9.17) is 5.21 Å². The van der Waals surface area contributed by atoms with Crippen molar-refractivity contribution < 1.29 is 5.21 Å². The molecule has 2 heteroatoms. The zero-order chi connectivity index (χ0) is 11.0. The van der Waals surface area contributed by atoms with Crippen LogP contribution < -0.4 is 0 Å². The van der Waals surface area contributed by atoms with E-state index in [-0.39, 0.29) is 0 Å². The molecule has 16 heavy (non-hydrogen) atoms. The molecule has 0 aromatic heterocycles. The first kappa shape index (κ1) is 9.16. The Hall–Kier alpha value is -2.09. The van der Waals surface area contributed by atoms with Gasteiger partial charge in [-0.15, -0.1) is 0 Å². The molecule has 0 saturated carbocycles. The van der Waals surface area contributed by atoms with E-state index >= 15 is 0 Å². The second-order valence-corrected chi connectivity index (χ2v) is 4.00. The smallest absolute Gasteiger partial charge is 0.0734 e. The molecule has 3 rings (SSSR count). The Morgan fingerprint density at radius 1 is 1.00 bits per heavy atom. The normalized spacial score (nSPS) is 12.8. The van der Waals surface area contributed by atoms with Crippen molar-refractivity contribution in [3.05, 3.63) is 59.2 Å². The van der Waals surface area contributed by atoms with Crippen LogP contribution in [-0.4, -0.2) is 11.4 Å². The van der Waals surface area contributed by atoms with E-state index in [1.165, 1.54) is 28.5 Å². The lowest BCUT2D eigenvalue weighted by atomic mass is 10.0. The summed E-state index contributed by atoms with van der Waals surface area (Å²) in [7, 11) is 0. The predicted octanol–water partition coefficient (Wildman–Crippen LogP) is 3.07. The van der Waals surface area contributed by atoms with Crippen molar-refractivity contribution in [2.24, 2.45) is 5.16 Å². The third-order valence-electron chi connectivity index (χ3n) is 3.03. The molecule has 2 nitrogen and oxygen atoms in total. The van der Waals surface area contributed by atoms with Gasteiger partial charge in [0.25, 0.3) is 0 Å². The van der Waals surface area contributed by atoms with E-state index in [1.807, 2.05) is 6.07 Å². The Kier molecular flexibility index (Phi) is 2.00. The molecule has 0 spiro atoms.